The number of piperidine rings is 2. The number of furan rings is 1. The van der Waals surface area contributed by atoms with Crippen LogP contribution in [0, 0.1) is 11.8 Å². The van der Waals surface area contributed by atoms with Gasteiger partial charge in [0.15, 0.2) is 0 Å². The minimum absolute atomic E-state index is 0.344. The first kappa shape index (κ1) is 14.8. The van der Waals surface area contributed by atoms with Gasteiger partial charge in [-0.1, -0.05) is 13.3 Å². The Balaban J connectivity index is 1.67. The summed E-state index contributed by atoms with van der Waals surface area (Å²) < 4.78 is 6.40. The first-order valence-corrected chi connectivity index (χ1v) is 9.65. The summed E-state index contributed by atoms with van der Waals surface area (Å²) in [5.41, 5.74) is 2.32. The molecule has 1 aromatic carbocycles. The highest BCUT2D eigenvalue weighted by Gasteiger charge is 2.51. The zero-order valence-corrected chi connectivity index (χ0v) is 14.7. The molecule has 4 bridgehead atoms. The Morgan fingerprint density at radius 1 is 1.29 bits per heavy atom. The van der Waals surface area contributed by atoms with Crippen LogP contribution in [0.4, 0.5) is 0 Å². The van der Waals surface area contributed by atoms with Gasteiger partial charge < -0.3 is 9.52 Å². The molecule has 128 valence electrons. The molecule has 6 atom stereocenters. The van der Waals surface area contributed by atoms with Gasteiger partial charge in [0.25, 0.3) is 0 Å². The molecule has 3 fully saturated rings. The quantitative estimate of drug-likeness (QED) is 0.871. The molecule has 0 amide bonds. The largest absolute Gasteiger partial charge is 0.508 e. The SMILES string of the molecule is CCC[C@@H]1C[C@H]2C[C@H]3c4oc5ccc(O)cc5c4C[C@H](C)N(C2)C13. The molecule has 0 spiro atoms. The fraction of sp³-hybridized carbons (Fsp3) is 0.619. The second kappa shape index (κ2) is 5.26. The van der Waals surface area contributed by atoms with Crippen molar-refractivity contribution >= 4 is 11.0 Å². The van der Waals surface area contributed by atoms with E-state index in [1.807, 2.05) is 12.1 Å². The lowest BCUT2D eigenvalue weighted by Gasteiger charge is -2.54. The Morgan fingerprint density at radius 2 is 2.17 bits per heavy atom. The zero-order chi connectivity index (χ0) is 16.4. The lowest BCUT2D eigenvalue weighted by molar-refractivity contribution is -0.0400. The van der Waals surface area contributed by atoms with Gasteiger partial charge in [-0.15, -0.1) is 0 Å². The number of hydrogen-bond acceptors (Lipinski definition) is 3. The Bertz CT molecular complexity index is 779. The van der Waals surface area contributed by atoms with Gasteiger partial charge in [-0.3, -0.25) is 4.90 Å². The Hall–Kier alpha value is -1.48. The number of rotatable bonds is 2. The molecule has 1 aliphatic carbocycles. The van der Waals surface area contributed by atoms with Crippen molar-refractivity contribution in [3.05, 3.63) is 29.5 Å². The molecule has 1 aromatic heterocycles. The predicted octanol–water partition coefficient (Wildman–Crippen LogP) is 4.68. The van der Waals surface area contributed by atoms with Crippen molar-refractivity contribution in [1.82, 2.24) is 4.90 Å². The van der Waals surface area contributed by atoms with E-state index in [0.717, 1.165) is 29.2 Å². The summed E-state index contributed by atoms with van der Waals surface area (Å²) in [6.45, 7) is 5.98. The lowest BCUT2D eigenvalue weighted by atomic mass is 9.65. The molecule has 0 radical (unpaired) electrons. The Kier molecular flexibility index (Phi) is 3.25. The molecular formula is C21H27NO2. The molecular weight excluding hydrogens is 298 g/mol. The van der Waals surface area contributed by atoms with E-state index in [1.165, 1.54) is 43.6 Å². The summed E-state index contributed by atoms with van der Waals surface area (Å²) >= 11 is 0. The van der Waals surface area contributed by atoms with Crippen LogP contribution >= 0.6 is 0 Å². The predicted molar refractivity (Wildman–Crippen MR) is 95.4 cm³/mol. The number of aromatic hydroxyl groups is 1. The molecule has 2 unspecified atom stereocenters. The van der Waals surface area contributed by atoms with E-state index >= 15 is 0 Å². The van der Waals surface area contributed by atoms with Gasteiger partial charge in [-0.25, -0.2) is 0 Å². The normalized spacial score (nSPS) is 37.4. The molecule has 4 heterocycles. The van der Waals surface area contributed by atoms with Crippen molar-refractivity contribution in [2.45, 2.75) is 64.0 Å². The summed E-state index contributed by atoms with van der Waals surface area (Å²) in [4.78, 5) is 2.80. The molecule has 4 aliphatic rings. The summed E-state index contributed by atoms with van der Waals surface area (Å²) in [6.07, 6.45) is 6.37. The van der Waals surface area contributed by atoms with Crippen molar-refractivity contribution in [3.63, 3.8) is 0 Å². The highest BCUT2D eigenvalue weighted by molar-refractivity contribution is 5.84. The van der Waals surface area contributed by atoms with Crippen LogP contribution in [0.1, 0.15) is 56.8 Å². The summed E-state index contributed by atoms with van der Waals surface area (Å²) in [5.74, 6) is 3.77. The smallest absolute Gasteiger partial charge is 0.134 e. The van der Waals surface area contributed by atoms with Crippen LogP contribution in [0.2, 0.25) is 0 Å². The van der Waals surface area contributed by atoms with Crippen molar-refractivity contribution in [2.75, 3.05) is 6.54 Å². The average Bonchev–Trinajstić information content (AvgIpc) is 2.89. The first-order chi connectivity index (χ1) is 11.7. The molecule has 2 saturated heterocycles. The maximum atomic E-state index is 9.94. The minimum Gasteiger partial charge on any atom is -0.508 e. The van der Waals surface area contributed by atoms with Gasteiger partial charge in [0.1, 0.15) is 17.1 Å². The molecule has 3 nitrogen and oxygen atoms in total. The maximum Gasteiger partial charge on any atom is 0.134 e. The van der Waals surface area contributed by atoms with Crippen LogP contribution in [0.15, 0.2) is 22.6 Å². The van der Waals surface area contributed by atoms with Crippen LogP contribution in [-0.2, 0) is 6.42 Å². The van der Waals surface area contributed by atoms with E-state index in [4.69, 9.17) is 4.42 Å². The van der Waals surface area contributed by atoms with E-state index < -0.39 is 0 Å². The van der Waals surface area contributed by atoms with Crippen molar-refractivity contribution < 1.29 is 9.52 Å². The summed E-state index contributed by atoms with van der Waals surface area (Å²) in [7, 11) is 0. The number of hydrogen-bond donors (Lipinski definition) is 1. The fourth-order valence-electron chi connectivity index (χ4n) is 6.04. The zero-order valence-electron chi connectivity index (χ0n) is 14.7. The fourth-order valence-corrected chi connectivity index (χ4v) is 6.04. The van der Waals surface area contributed by atoms with Gasteiger partial charge in [0, 0.05) is 35.5 Å². The van der Waals surface area contributed by atoms with E-state index in [9.17, 15) is 5.11 Å². The molecule has 24 heavy (non-hydrogen) atoms. The third-order valence-corrected chi connectivity index (χ3v) is 6.84. The van der Waals surface area contributed by atoms with Gasteiger partial charge >= 0.3 is 0 Å². The molecule has 6 rings (SSSR count). The number of phenolic OH excluding ortho intramolecular Hbond substituents is 1. The van der Waals surface area contributed by atoms with Crippen LogP contribution in [0.5, 0.6) is 5.75 Å². The van der Waals surface area contributed by atoms with Gasteiger partial charge in [-0.05, 0) is 62.6 Å². The minimum atomic E-state index is 0.344. The third-order valence-electron chi connectivity index (χ3n) is 6.84. The topological polar surface area (TPSA) is 36.6 Å². The first-order valence-electron chi connectivity index (χ1n) is 9.65. The number of phenols is 1. The highest BCUT2D eigenvalue weighted by Crippen LogP contribution is 2.53. The average molecular weight is 325 g/mol. The standard InChI is InChI=1S/C21H27NO2/c1-3-4-14-8-13-9-18-20(14)22(11-13)12(2)7-17-16-10-15(23)5-6-19(16)24-21(17)18/h5-6,10,12-14,18,20,23H,3-4,7-9,11H2,1-2H3/t12-,13-,14+,18+,20?/m0/s1. The van der Waals surface area contributed by atoms with E-state index in [0.29, 0.717) is 23.8 Å². The van der Waals surface area contributed by atoms with Crippen LogP contribution in [-0.4, -0.2) is 28.6 Å². The second-order valence-corrected chi connectivity index (χ2v) is 8.36. The molecule has 1 N–H and O–H groups in total. The van der Waals surface area contributed by atoms with Gasteiger partial charge in [0.2, 0.25) is 0 Å². The van der Waals surface area contributed by atoms with E-state index in [1.54, 1.807) is 6.07 Å². The number of fused-ring (bicyclic) bond motifs is 4. The Labute approximate surface area is 143 Å². The Morgan fingerprint density at radius 3 is 3.00 bits per heavy atom. The summed E-state index contributed by atoms with van der Waals surface area (Å²) in [5, 5.41) is 11.1. The monoisotopic (exact) mass is 325 g/mol. The van der Waals surface area contributed by atoms with Crippen LogP contribution in [0.3, 0.4) is 0 Å². The second-order valence-electron chi connectivity index (χ2n) is 8.36. The van der Waals surface area contributed by atoms with E-state index in [-0.39, 0.29) is 0 Å². The lowest BCUT2D eigenvalue weighted by Crippen LogP contribution is -2.58. The highest BCUT2D eigenvalue weighted by atomic mass is 16.3. The number of benzene rings is 1. The molecule has 3 heteroatoms. The maximum absolute atomic E-state index is 9.94. The van der Waals surface area contributed by atoms with Crippen molar-refractivity contribution in [1.29, 1.82) is 0 Å². The van der Waals surface area contributed by atoms with Gasteiger partial charge in [-0.2, -0.15) is 0 Å². The number of nitrogens with zero attached hydrogens (tertiary/aromatic N) is 1. The van der Waals surface area contributed by atoms with Crippen LogP contribution in [0.25, 0.3) is 11.0 Å². The molecule has 3 aliphatic heterocycles. The van der Waals surface area contributed by atoms with Crippen molar-refractivity contribution in [2.24, 2.45) is 11.8 Å². The third kappa shape index (κ3) is 2.00. The van der Waals surface area contributed by atoms with Crippen LogP contribution < -0.4 is 0 Å². The molecule has 2 aromatic rings. The van der Waals surface area contributed by atoms with Crippen molar-refractivity contribution in [3.8, 4) is 5.75 Å². The summed E-state index contributed by atoms with van der Waals surface area (Å²) in [6, 6.07) is 6.79. The van der Waals surface area contributed by atoms with E-state index in [2.05, 4.69) is 18.7 Å². The molecule has 1 saturated carbocycles. The van der Waals surface area contributed by atoms with Gasteiger partial charge in [0.05, 0.1) is 0 Å².